The van der Waals surface area contributed by atoms with E-state index >= 15 is 0 Å². The number of H-pyrrole nitrogens is 1. The number of hydrogen-bond acceptors (Lipinski definition) is 7. The Morgan fingerprint density at radius 3 is 2.65 bits per heavy atom. The fraction of sp³-hybridized carbons (Fsp3) is 0.208. The average Bonchev–Trinajstić information content (AvgIpc) is 3.56. The van der Waals surface area contributed by atoms with E-state index in [1.807, 2.05) is 12.1 Å². The van der Waals surface area contributed by atoms with Gasteiger partial charge in [-0.1, -0.05) is 12.1 Å². The summed E-state index contributed by atoms with van der Waals surface area (Å²) >= 11 is 0. The van der Waals surface area contributed by atoms with E-state index in [1.165, 1.54) is 24.5 Å². The van der Waals surface area contributed by atoms with Crippen LogP contribution in [0.2, 0.25) is 0 Å². The average molecular weight is 532 g/mol. The van der Waals surface area contributed by atoms with Crippen LogP contribution in [0.25, 0.3) is 0 Å². The monoisotopic (exact) mass is 531 g/mol. The summed E-state index contributed by atoms with van der Waals surface area (Å²) in [6.45, 7) is 0.619. The van der Waals surface area contributed by atoms with Gasteiger partial charge in [-0.05, 0) is 47.9 Å². The first-order valence-corrected chi connectivity index (χ1v) is 12.8. The molecule has 2 aromatic carbocycles. The molecule has 0 spiro atoms. The molecule has 0 atom stereocenters. The van der Waals surface area contributed by atoms with Crippen molar-refractivity contribution in [1.29, 1.82) is 0 Å². The number of aromatic amines is 1. The number of carbonyl (C=O) groups excluding carboxylic acids is 1. The van der Waals surface area contributed by atoms with E-state index in [0.29, 0.717) is 18.7 Å². The molecule has 37 heavy (non-hydrogen) atoms. The molecule has 13 heteroatoms. The van der Waals surface area contributed by atoms with Gasteiger partial charge in [0.25, 0.3) is 5.91 Å². The number of carbonyl (C=O) groups is 1. The van der Waals surface area contributed by atoms with E-state index in [0.717, 1.165) is 35.3 Å². The molecule has 9 nitrogen and oxygen atoms in total. The summed E-state index contributed by atoms with van der Waals surface area (Å²) in [6.07, 6.45) is -0.241. The number of oxazole rings is 1. The first-order valence-electron chi connectivity index (χ1n) is 11.1. The quantitative estimate of drug-likeness (QED) is 0.380. The molecule has 0 saturated carbocycles. The Labute approximate surface area is 209 Å². The molecule has 1 amide bonds. The third kappa shape index (κ3) is 5.21. The molecule has 192 valence electrons. The number of hydrogen-bond donors (Lipinski definition) is 2. The van der Waals surface area contributed by atoms with E-state index in [1.54, 1.807) is 11.0 Å². The van der Waals surface area contributed by atoms with Crippen LogP contribution in [0.5, 0.6) is 0 Å². The number of halogens is 3. The Balaban J connectivity index is 1.29. The summed E-state index contributed by atoms with van der Waals surface area (Å²) in [5, 5.41) is 2.82. The first-order chi connectivity index (χ1) is 17.6. The van der Waals surface area contributed by atoms with Crippen molar-refractivity contribution in [2.24, 2.45) is 0 Å². The number of alkyl halides is 3. The van der Waals surface area contributed by atoms with Crippen LogP contribution in [-0.2, 0) is 34.7 Å². The lowest BCUT2D eigenvalue weighted by molar-refractivity contribution is -0.137. The van der Waals surface area contributed by atoms with E-state index in [-0.39, 0.29) is 23.2 Å². The molecule has 0 unspecified atom stereocenters. The van der Waals surface area contributed by atoms with Gasteiger partial charge in [0.2, 0.25) is 15.0 Å². The van der Waals surface area contributed by atoms with Gasteiger partial charge >= 0.3 is 6.18 Å². The number of amides is 1. The second-order valence-electron chi connectivity index (χ2n) is 8.44. The van der Waals surface area contributed by atoms with Gasteiger partial charge in [0.15, 0.2) is 6.39 Å². The number of anilines is 2. The fourth-order valence-corrected chi connectivity index (χ4v) is 5.23. The van der Waals surface area contributed by atoms with Crippen molar-refractivity contribution in [2.75, 3.05) is 11.9 Å². The highest BCUT2D eigenvalue weighted by atomic mass is 32.2. The molecule has 1 aliphatic heterocycles. The molecule has 0 aliphatic carbocycles. The number of sulfone groups is 1. The van der Waals surface area contributed by atoms with Crippen LogP contribution < -0.4 is 5.32 Å². The minimum atomic E-state index is -4.41. The lowest BCUT2D eigenvalue weighted by Crippen LogP contribution is -2.36. The van der Waals surface area contributed by atoms with E-state index < -0.39 is 33.2 Å². The SMILES string of the molecule is O=C(c1c[nH]c(S(=O)(=O)Cc2cnco2)n1)N1CCc2c(cccc2Nc2ccc(C(F)(F)F)cc2)C1. The predicted molar refractivity (Wildman–Crippen MR) is 126 cm³/mol. The number of benzene rings is 2. The normalized spacial score (nSPS) is 13.9. The van der Waals surface area contributed by atoms with Gasteiger partial charge in [-0.3, -0.25) is 4.79 Å². The third-order valence-electron chi connectivity index (χ3n) is 5.93. The fourth-order valence-electron chi connectivity index (χ4n) is 4.10. The minimum Gasteiger partial charge on any atom is -0.447 e. The predicted octanol–water partition coefficient (Wildman–Crippen LogP) is 4.33. The van der Waals surface area contributed by atoms with Gasteiger partial charge < -0.3 is 19.6 Å². The Hall–Kier alpha value is -4.13. The van der Waals surface area contributed by atoms with Gasteiger partial charge in [0.05, 0.1) is 11.8 Å². The van der Waals surface area contributed by atoms with Crippen molar-refractivity contribution >= 4 is 27.1 Å². The lowest BCUT2D eigenvalue weighted by Gasteiger charge is -2.30. The molecule has 0 saturated heterocycles. The van der Waals surface area contributed by atoms with Gasteiger partial charge in [-0.25, -0.2) is 18.4 Å². The third-order valence-corrected chi connectivity index (χ3v) is 7.39. The first kappa shape index (κ1) is 24.6. The summed E-state index contributed by atoms with van der Waals surface area (Å²) in [6, 6.07) is 10.3. The van der Waals surface area contributed by atoms with Crippen molar-refractivity contribution < 1.29 is 30.8 Å². The van der Waals surface area contributed by atoms with Gasteiger partial charge in [-0.15, -0.1) is 0 Å². The van der Waals surface area contributed by atoms with Crippen LogP contribution in [-0.4, -0.2) is 40.7 Å². The molecule has 0 fully saturated rings. The maximum absolute atomic E-state index is 13.1. The molecule has 2 N–H and O–H groups in total. The summed E-state index contributed by atoms with van der Waals surface area (Å²) in [5.74, 6) is -0.721. The van der Waals surface area contributed by atoms with Crippen molar-refractivity contribution in [3.63, 3.8) is 0 Å². The van der Waals surface area contributed by atoms with Crippen LogP contribution in [0.3, 0.4) is 0 Å². The number of rotatable bonds is 6. The van der Waals surface area contributed by atoms with Gasteiger partial charge in [0.1, 0.15) is 17.2 Å². The maximum atomic E-state index is 13.1. The summed E-state index contributed by atoms with van der Waals surface area (Å²) in [4.78, 5) is 24.9. The highest BCUT2D eigenvalue weighted by Gasteiger charge is 2.30. The zero-order valence-electron chi connectivity index (χ0n) is 19.1. The Kier molecular flexibility index (Phi) is 6.23. The maximum Gasteiger partial charge on any atom is 0.416 e. The number of nitrogens with one attached hydrogen (secondary N) is 2. The zero-order chi connectivity index (χ0) is 26.2. The van der Waals surface area contributed by atoms with E-state index in [9.17, 15) is 26.4 Å². The van der Waals surface area contributed by atoms with Crippen LogP contribution in [0.1, 0.15) is 32.9 Å². The van der Waals surface area contributed by atoms with Crippen molar-refractivity contribution in [2.45, 2.75) is 30.1 Å². The molecule has 5 rings (SSSR count). The summed E-state index contributed by atoms with van der Waals surface area (Å²) in [7, 11) is -3.86. The number of fused-ring (bicyclic) bond motifs is 1. The largest absolute Gasteiger partial charge is 0.447 e. The highest BCUT2D eigenvalue weighted by molar-refractivity contribution is 7.90. The molecule has 3 heterocycles. The number of aromatic nitrogens is 3. The van der Waals surface area contributed by atoms with Gasteiger partial charge in [0, 0.05) is 30.7 Å². The molecule has 0 radical (unpaired) electrons. The van der Waals surface area contributed by atoms with E-state index in [4.69, 9.17) is 4.42 Å². The molecular weight excluding hydrogens is 511 g/mol. The topological polar surface area (TPSA) is 121 Å². The standard InChI is InChI=1S/C24H20F3N5O4S/c25-24(26,27)16-4-6-17(7-5-16)30-20-3-1-2-15-12-32(9-8-19(15)20)22(33)21-11-29-23(31-21)37(34,35)13-18-10-28-14-36-18/h1-7,10-11,14,30H,8-9,12-13H2,(H,29,31). The van der Waals surface area contributed by atoms with Crippen LogP contribution in [0, 0.1) is 0 Å². The Morgan fingerprint density at radius 1 is 1.16 bits per heavy atom. The minimum absolute atomic E-state index is 0.0290. The molecule has 0 bridgehead atoms. The molecular formula is C24H20F3N5O4S. The molecule has 1 aliphatic rings. The number of imidazole rings is 1. The Morgan fingerprint density at radius 2 is 1.95 bits per heavy atom. The molecule has 2 aromatic heterocycles. The van der Waals surface area contributed by atoms with Crippen molar-refractivity contribution in [3.05, 3.63) is 89.4 Å². The number of nitrogens with zero attached hydrogens (tertiary/aromatic N) is 3. The zero-order valence-corrected chi connectivity index (χ0v) is 19.9. The second-order valence-corrected chi connectivity index (χ2v) is 10.3. The summed E-state index contributed by atoms with van der Waals surface area (Å²) < 4.78 is 68.6. The highest BCUT2D eigenvalue weighted by Crippen LogP contribution is 2.32. The molecule has 4 aromatic rings. The lowest BCUT2D eigenvalue weighted by atomic mass is 9.97. The second kappa shape index (κ2) is 9.39. The smallest absolute Gasteiger partial charge is 0.416 e. The van der Waals surface area contributed by atoms with E-state index in [2.05, 4.69) is 20.3 Å². The van der Waals surface area contributed by atoms with Gasteiger partial charge in [-0.2, -0.15) is 13.2 Å². The van der Waals surface area contributed by atoms with Crippen LogP contribution in [0.15, 0.2) is 70.8 Å². The van der Waals surface area contributed by atoms with Crippen LogP contribution in [0.4, 0.5) is 24.5 Å². The summed E-state index contributed by atoms with van der Waals surface area (Å²) in [5.41, 5.74) is 2.31. The van der Waals surface area contributed by atoms with Crippen molar-refractivity contribution in [3.8, 4) is 0 Å². The van der Waals surface area contributed by atoms with Crippen LogP contribution >= 0.6 is 0 Å². The Bertz CT molecular complexity index is 1530. The van der Waals surface area contributed by atoms with Crippen molar-refractivity contribution in [1.82, 2.24) is 19.9 Å².